The largest absolute Gasteiger partial charge is 0.379 e. The van der Waals surface area contributed by atoms with Crippen molar-refractivity contribution >= 4 is 26.0 Å². The van der Waals surface area contributed by atoms with Gasteiger partial charge in [0.05, 0.1) is 24.4 Å². The summed E-state index contributed by atoms with van der Waals surface area (Å²) in [5.41, 5.74) is 0.358. The SMILES string of the molecule is Cn1cnc(S(=O)(=O)N2CCCN(C(=O)c3ccc(S(=O)(=O)N4CCOCC4)cc3)CC2)c1. The number of hydrogen-bond acceptors (Lipinski definition) is 7. The standard InChI is InChI=1S/C20H27N5O6S2/c1-22-15-19(21-16-22)33(29,30)24-8-2-7-23(9-10-24)20(26)17-3-5-18(6-4-17)32(27,28)25-11-13-31-14-12-25/h3-6,15-16H,2,7-14H2,1H3. The van der Waals surface area contributed by atoms with E-state index in [-0.39, 0.29) is 28.9 Å². The molecule has 4 rings (SSSR count). The van der Waals surface area contributed by atoms with Crippen LogP contribution in [0.15, 0.2) is 46.7 Å². The molecule has 0 atom stereocenters. The summed E-state index contributed by atoms with van der Waals surface area (Å²) in [6.45, 7) is 2.41. The van der Waals surface area contributed by atoms with Gasteiger partial charge in [-0.25, -0.2) is 21.8 Å². The van der Waals surface area contributed by atoms with Crippen molar-refractivity contribution in [3.05, 3.63) is 42.4 Å². The van der Waals surface area contributed by atoms with Crippen LogP contribution in [0.2, 0.25) is 0 Å². The Kier molecular flexibility index (Phi) is 6.86. The molecule has 0 aliphatic carbocycles. The molecule has 0 unspecified atom stereocenters. The van der Waals surface area contributed by atoms with Crippen molar-refractivity contribution in [3.8, 4) is 0 Å². The topological polar surface area (TPSA) is 122 Å². The van der Waals surface area contributed by atoms with Gasteiger partial charge in [-0.1, -0.05) is 0 Å². The molecule has 0 radical (unpaired) electrons. The summed E-state index contributed by atoms with van der Waals surface area (Å²) in [6.07, 6.45) is 3.38. The smallest absolute Gasteiger partial charge is 0.262 e. The highest BCUT2D eigenvalue weighted by Gasteiger charge is 2.31. The molecule has 1 aromatic carbocycles. The number of carbonyl (C=O) groups is 1. The molecule has 2 aliphatic heterocycles. The Hall–Kier alpha value is -2.32. The van der Waals surface area contributed by atoms with Crippen LogP contribution < -0.4 is 0 Å². The van der Waals surface area contributed by atoms with Gasteiger partial charge in [-0.3, -0.25) is 4.79 Å². The number of rotatable bonds is 5. The van der Waals surface area contributed by atoms with Crippen LogP contribution in [0.4, 0.5) is 0 Å². The monoisotopic (exact) mass is 497 g/mol. The Labute approximate surface area is 193 Å². The lowest BCUT2D eigenvalue weighted by Gasteiger charge is -2.26. The van der Waals surface area contributed by atoms with E-state index < -0.39 is 20.0 Å². The number of aromatic nitrogens is 2. The van der Waals surface area contributed by atoms with Crippen LogP contribution in [0.1, 0.15) is 16.8 Å². The van der Waals surface area contributed by atoms with Crippen LogP contribution in [0.5, 0.6) is 0 Å². The molecule has 11 nitrogen and oxygen atoms in total. The van der Waals surface area contributed by atoms with Crippen LogP contribution in [0.3, 0.4) is 0 Å². The van der Waals surface area contributed by atoms with Crippen LogP contribution in [0, 0.1) is 0 Å². The number of ether oxygens (including phenoxy) is 1. The molecule has 2 aliphatic rings. The van der Waals surface area contributed by atoms with Gasteiger partial charge in [0, 0.05) is 58.1 Å². The molecule has 2 aromatic rings. The van der Waals surface area contributed by atoms with Crippen LogP contribution in [-0.4, -0.2) is 98.3 Å². The highest BCUT2D eigenvalue weighted by Crippen LogP contribution is 2.20. The number of carbonyl (C=O) groups excluding carboxylic acids is 1. The van der Waals surface area contributed by atoms with Gasteiger partial charge in [-0.15, -0.1) is 0 Å². The lowest BCUT2D eigenvalue weighted by atomic mass is 10.2. The molecular formula is C20H27N5O6S2. The van der Waals surface area contributed by atoms with Crippen LogP contribution in [-0.2, 0) is 31.8 Å². The minimum Gasteiger partial charge on any atom is -0.379 e. The van der Waals surface area contributed by atoms with E-state index >= 15 is 0 Å². The lowest BCUT2D eigenvalue weighted by molar-refractivity contribution is 0.0730. The lowest BCUT2D eigenvalue weighted by Crippen LogP contribution is -2.40. The van der Waals surface area contributed by atoms with Crippen molar-refractivity contribution in [1.82, 2.24) is 23.1 Å². The van der Waals surface area contributed by atoms with Crippen molar-refractivity contribution in [2.75, 3.05) is 52.5 Å². The summed E-state index contributed by atoms with van der Waals surface area (Å²) in [5.74, 6) is -0.262. The van der Waals surface area contributed by atoms with Crippen molar-refractivity contribution in [3.63, 3.8) is 0 Å². The van der Waals surface area contributed by atoms with E-state index in [1.807, 2.05) is 0 Å². The quantitative estimate of drug-likeness (QED) is 0.569. The predicted molar refractivity (Wildman–Crippen MR) is 119 cm³/mol. The molecule has 1 amide bonds. The van der Waals surface area contributed by atoms with Gasteiger partial charge in [0.25, 0.3) is 15.9 Å². The molecule has 1 aromatic heterocycles. The number of benzene rings is 1. The second kappa shape index (κ2) is 9.50. The number of morpholine rings is 1. The maximum atomic E-state index is 13.0. The summed E-state index contributed by atoms with van der Waals surface area (Å²) in [5, 5.41) is -0.0122. The molecule has 13 heteroatoms. The third kappa shape index (κ3) is 4.96. The fourth-order valence-electron chi connectivity index (χ4n) is 3.88. The first-order chi connectivity index (χ1) is 15.7. The molecule has 2 saturated heterocycles. The zero-order chi connectivity index (χ0) is 23.6. The number of nitrogens with zero attached hydrogens (tertiary/aromatic N) is 5. The Bertz CT molecular complexity index is 1200. The number of sulfonamides is 2. The molecule has 0 spiro atoms. The van der Waals surface area contributed by atoms with E-state index in [4.69, 9.17) is 4.74 Å². The van der Waals surface area contributed by atoms with Crippen LogP contribution in [0.25, 0.3) is 0 Å². The molecule has 33 heavy (non-hydrogen) atoms. The third-order valence-corrected chi connectivity index (χ3v) is 9.43. The van der Waals surface area contributed by atoms with Crippen molar-refractivity contribution < 1.29 is 26.4 Å². The fraction of sp³-hybridized carbons (Fsp3) is 0.500. The zero-order valence-electron chi connectivity index (χ0n) is 18.3. The van der Waals surface area contributed by atoms with Crippen molar-refractivity contribution in [2.24, 2.45) is 7.05 Å². The number of aryl methyl sites for hydroxylation is 1. The second-order valence-corrected chi connectivity index (χ2v) is 11.8. The maximum absolute atomic E-state index is 13.0. The van der Waals surface area contributed by atoms with E-state index in [9.17, 15) is 21.6 Å². The molecule has 0 bridgehead atoms. The predicted octanol–water partition coefficient (Wildman–Crippen LogP) is -0.0222. The van der Waals surface area contributed by atoms with E-state index in [0.717, 1.165) is 0 Å². The Morgan fingerprint density at radius 2 is 1.55 bits per heavy atom. The zero-order valence-corrected chi connectivity index (χ0v) is 20.0. The summed E-state index contributed by atoms with van der Waals surface area (Å²) >= 11 is 0. The molecule has 3 heterocycles. The Morgan fingerprint density at radius 1 is 0.879 bits per heavy atom. The maximum Gasteiger partial charge on any atom is 0.262 e. The summed E-state index contributed by atoms with van der Waals surface area (Å²) in [6, 6.07) is 5.88. The van der Waals surface area contributed by atoms with Crippen LogP contribution >= 0.6 is 0 Å². The first kappa shape index (κ1) is 23.8. The van der Waals surface area contributed by atoms with E-state index in [1.165, 1.54) is 45.4 Å². The third-order valence-electron chi connectivity index (χ3n) is 5.74. The van der Waals surface area contributed by atoms with Crippen molar-refractivity contribution in [1.29, 1.82) is 0 Å². The van der Waals surface area contributed by atoms with E-state index in [2.05, 4.69) is 4.98 Å². The minimum absolute atomic E-state index is 0.0122. The number of amides is 1. The second-order valence-electron chi connectivity index (χ2n) is 7.97. The highest BCUT2D eigenvalue weighted by molar-refractivity contribution is 7.89. The van der Waals surface area contributed by atoms with Gasteiger partial charge in [0.2, 0.25) is 10.0 Å². The summed E-state index contributed by atoms with van der Waals surface area (Å²) in [7, 11) is -5.66. The molecular weight excluding hydrogens is 470 g/mol. The minimum atomic E-state index is -3.73. The van der Waals surface area contributed by atoms with E-state index in [0.29, 0.717) is 51.4 Å². The van der Waals surface area contributed by atoms with Gasteiger partial charge in [-0.2, -0.15) is 8.61 Å². The van der Waals surface area contributed by atoms with Gasteiger partial charge < -0.3 is 14.2 Å². The normalized spacial score (nSPS) is 19.4. The molecule has 0 saturated carbocycles. The van der Waals surface area contributed by atoms with Gasteiger partial charge in [0.15, 0.2) is 5.03 Å². The molecule has 0 N–H and O–H groups in total. The van der Waals surface area contributed by atoms with Gasteiger partial charge in [0.1, 0.15) is 0 Å². The highest BCUT2D eigenvalue weighted by atomic mass is 32.2. The first-order valence-corrected chi connectivity index (χ1v) is 13.5. The Morgan fingerprint density at radius 3 is 2.18 bits per heavy atom. The fourth-order valence-corrected chi connectivity index (χ4v) is 6.72. The van der Waals surface area contributed by atoms with Gasteiger partial charge in [-0.05, 0) is 30.7 Å². The number of hydrogen-bond donors (Lipinski definition) is 0. The summed E-state index contributed by atoms with van der Waals surface area (Å²) < 4.78 is 60.7. The first-order valence-electron chi connectivity index (χ1n) is 10.6. The average molecular weight is 498 g/mol. The average Bonchev–Trinajstić information content (AvgIpc) is 3.11. The van der Waals surface area contributed by atoms with Gasteiger partial charge >= 0.3 is 0 Å². The van der Waals surface area contributed by atoms with E-state index in [1.54, 1.807) is 16.5 Å². The summed E-state index contributed by atoms with van der Waals surface area (Å²) in [4.78, 5) is 18.7. The Balaban J connectivity index is 1.43. The molecule has 2 fully saturated rings. The van der Waals surface area contributed by atoms with Crippen molar-refractivity contribution in [2.45, 2.75) is 16.3 Å². The number of imidazole rings is 1. The molecule has 180 valence electrons.